The van der Waals surface area contributed by atoms with Crippen LogP contribution in [0.3, 0.4) is 0 Å². The number of rotatable bonds is 2. The van der Waals surface area contributed by atoms with Crippen LogP contribution < -0.4 is 0 Å². The predicted octanol–water partition coefficient (Wildman–Crippen LogP) is 1.65. The molecule has 0 saturated carbocycles. The minimum atomic E-state index is -0.671. The monoisotopic (exact) mass is 213 g/mol. The van der Waals surface area contributed by atoms with Crippen molar-refractivity contribution >= 4 is 5.91 Å². The molecule has 1 unspecified atom stereocenters. The number of amides is 1. The molecule has 0 bridgehead atoms. The van der Waals surface area contributed by atoms with Crippen LogP contribution in [0.25, 0.3) is 0 Å². The average molecular weight is 213 g/mol. The SMILES string of the molecule is CC(C)C(=O)N1CCCC(C(C)(C)O)C1. The summed E-state index contributed by atoms with van der Waals surface area (Å²) in [4.78, 5) is 13.7. The number of piperidine rings is 1. The molecule has 0 spiro atoms. The Labute approximate surface area is 92.5 Å². The molecule has 1 fully saturated rings. The lowest BCUT2D eigenvalue weighted by molar-refractivity contribution is -0.138. The minimum Gasteiger partial charge on any atom is -0.390 e. The van der Waals surface area contributed by atoms with Crippen molar-refractivity contribution < 1.29 is 9.90 Å². The second kappa shape index (κ2) is 4.52. The summed E-state index contributed by atoms with van der Waals surface area (Å²) >= 11 is 0. The molecule has 1 atom stereocenters. The van der Waals surface area contributed by atoms with Crippen LogP contribution in [0.4, 0.5) is 0 Å². The molecule has 0 aliphatic carbocycles. The number of likely N-dealkylation sites (tertiary alicyclic amines) is 1. The first-order valence-corrected chi connectivity index (χ1v) is 5.83. The van der Waals surface area contributed by atoms with Gasteiger partial charge in [0.15, 0.2) is 0 Å². The van der Waals surface area contributed by atoms with E-state index in [1.165, 1.54) is 0 Å². The summed E-state index contributed by atoms with van der Waals surface area (Å²) in [5.74, 6) is 0.489. The fourth-order valence-corrected chi connectivity index (χ4v) is 2.12. The molecule has 1 amide bonds. The van der Waals surface area contributed by atoms with Gasteiger partial charge in [0.1, 0.15) is 0 Å². The van der Waals surface area contributed by atoms with Gasteiger partial charge in [-0.3, -0.25) is 4.79 Å². The maximum Gasteiger partial charge on any atom is 0.225 e. The van der Waals surface area contributed by atoms with Crippen LogP contribution in [0, 0.1) is 11.8 Å². The molecular weight excluding hydrogens is 190 g/mol. The third-order valence-corrected chi connectivity index (χ3v) is 3.23. The number of carbonyl (C=O) groups excluding carboxylic acids is 1. The third kappa shape index (κ3) is 3.20. The van der Waals surface area contributed by atoms with E-state index in [9.17, 15) is 9.90 Å². The van der Waals surface area contributed by atoms with Crippen LogP contribution in [-0.2, 0) is 4.79 Å². The van der Waals surface area contributed by atoms with Crippen molar-refractivity contribution in [3.8, 4) is 0 Å². The molecule has 1 heterocycles. The molecule has 3 heteroatoms. The first-order valence-electron chi connectivity index (χ1n) is 5.83. The van der Waals surface area contributed by atoms with Gasteiger partial charge in [-0.15, -0.1) is 0 Å². The first kappa shape index (κ1) is 12.5. The highest BCUT2D eigenvalue weighted by Gasteiger charge is 2.33. The Morgan fingerprint density at radius 3 is 2.53 bits per heavy atom. The fourth-order valence-electron chi connectivity index (χ4n) is 2.12. The van der Waals surface area contributed by atoms with Crippen molar-refractivity contribution in [2.24, 2.45) is 11.8 Å². The Morgan fingerprint density at radius 1 is 1.47 bits per heavy atom. The van der Waals surface area contributed by atoms with E-state index in [4.69, 9.17) is 0 Å². The van der Waals surface area contributed by atoms with Gasteiger partial charge in [0.2, 0.25) is 5.91 Å². The van der Waals surface area contributed by atoms with Crippen LogP contribution in [0.5, 0.6) is 0 Å². The van der Waals surface area contributed by atoms with Crippen LogP contribution in [0.2, 0.25) is 0 Å². The van der Waals surface area contributed by atoms with E-state index in [2.05, 4.69) is 0 Å². The lowest BCUT2D eigenvalue weighted by Gasteiger charge is -2.39. The van der Waals surface area contributed by atoms with E-state index in [-0.39, 0.29) is 17.7 Å². The molecule has 0 aromatic carbocycles. The zero-order valence-electron chi connectivity index (χ0n) is 10.3. The first-order chi connectivity index (χ1) is 6.82. The van der Waals surface area contributed by atoms with E-state index in [1.54, 1.807) is 0 Å². The fraction of sp³-hybridized carbons (Fsp3) is 0.917. The average Bonchev–Trinajstić information content (AvgIpc) is 2.15. The van der Waals surface area contributed by atoms with E-state index in [0.717, 1.165) is 19.4 Å². The Kier molecular flexibility index (Phi) is 3.77. The third-order valence-electron chi connectivity index (χ3n) is 3.23. The highest BCUT2D eigenvalue weighted by Crippen LogP contribution is 2.27. The summed E-state index contributed by atoms with van der Waals surface area (Å²) in [6.45, 7) is 9.08. The number of carbonyl (C=O) groups is 1. The highest BCUT2D eigenvalue weighted by molar-refractivity contribution is 5.78. The summed E-state index contributed by atoms with van der Waals surface area (Å²) in [5.41, 5.74) is -0.671. The lowest BCUT2D eigenvalue weighted by atomic mass is 9.84. The Morgan fingerprint density at radius 2 is 2.07 bits per heavy atom. The van der Waals surface area contributed by atoms with E-state index in [0.29, 0.717) is 6.54 Å². The van der Waals surface area contributed by atoms with Gasteiger partial charge in [0, 0.05) is 24.9 Å². The van der Waals surface area contributed by atoms with Gasteiger partial charge in [-0.25, -0.2) is 0 Å². The quantitative estimate of drug-likeness (QED) is 0.757. The molecule has 1 N–H and O–H groups in total. The largest absolute Gasteiger partial charge is 0.390 e. The number of aliphatic hydroxyl groups is 1. The van der Waals surface area contributed by atoms with Crippen molar-refractivity contribution in [1.82, 2.24) is 4.90 Å². The molecule has 1 rings (SSSR count). The zero-order chi connectivity index (χ0) is 11.6. The van der Waals surface area contributed by atoms with Gasteiger partial charge < -0.3 is 10.0 Å². The minimum absolute atomic E-state index is 0.0607. The van der Waals surface area contributed by atoms with E-state index >= 15 is 0 Å². The normalized spacial score (nSPS) is 23.3. The summed E-state index contributed by atoms with van der Waals surface area (Å²) in [6, 6.07) is 0. The van der Waals surface area contributed by atoms with E-state index < -0.39 is 5.60 Å². The summed E-state index contributed by atoms with van der Waals surface area (Å²) in [5, 5.41) is 9.94. The number of nitrogens with zero attached hydrogens (tertiary/aromatic N) is 1. The standard InChI is InChI=1S/C12H23NO2/c1-9(2)11(14)13-7-5-6-10(8-13)12(3,4)15/h9-10,15H,5-8H2,1-4H3. The van der Waals surface area contributed by atoms with Gasteiger partial charge in [-0.2, -0.15) is 0 Å². The molecular formula is C12H23NO2. The van der Waals surface area contributed by atoms with Crippen LogP contribution in [0.15, 0.2) is 0 Å². The van der Waals surface area contributed by atoms with E-state index in [1.807, 2.05) is 32.6 Å². The Hall–Kier alpha value is -0.570. The molecule has 3 nitrogen and oxygen atoms in total. The van der Waals surface area contributed by atoms with Crippen molar-refractivity contribution in [2.45, 2.75) is 46.1 Å². The number of hydrogen-bond donors (Lipinski definition) is 1. The molecule has 0 radical (unpaired) electrons. The Balaban J connectivity index is 2.60. The second-order valence-electron chi connectivity index (χ2n) is 5.43. The summed E-state index contributed by atoms with van der Waals surface area (Å²) in [6.07, 6.45) is 2.03. The molecule has 1 aliphatic heterocycles. The Bertz CT molecular complexity index is 230. The maximum absolute atomic E-state index is 11.8. The molecule has 1 aliphatic rings. The van der Waals surface area contributed by atoms with Crippen LogP contribution in [-0.4, -0.2) is 34.6 Å². The number of hydrogen-bond acceptors (Lipinski definition) is 2. The smallest absolute Gasteiger partial charge is 0.225 e. The predicted molar refractivity (Wildman–Crippen MR) is 60.4 cm³/mol. The topological polar surface area (TPSA) is 40.5 Å². The molecule has 0 aromatic rings. The van der Waals surface area contributed by atoms with Gasteiger partial charge >= 0.3 is 0 Å². The van der Waals surface area contributed by atoms with Gasteiger partial charge in [-0.05, 0) is 26.7 Å². The van der Waals surface area contributed by atoms with Crippen molar-refractivity contribution in [2.75, 3.05) is 13.1 Å². The van der Waals surface area contributed by atoms with Crippen molar-refractivity contribution in [1.29, 1.82) is 0 Å². The molecule has 15 heavy (non-hydrogen) atoms. The van der Waals surface area contributed by atoms with Crippen molar-refractivity contribution in [3.63, 3.8) is 0 Å². The molecule has 1 saturated heterocycles. The van der Waals surface area contributed by atoms with Crippen molar-refractivity contribution in [3.05, 3.63) is 0 Å². The van der Waals surface area contributed by atoms with Crippen LogP contribution in [0.1, 0.15) is 40.5 Å². The maximum atomic E-state index is 11.8. The van der Waals surface area contributed by atoms with Gasteiger partial charge in [0.05, 0.1) is 5.60 Å². The van der Waals surface area contributed by atoms with Gasteiger partial charge in [0.25, 0.3) is 0 Å². The second-order valence-corrected chi connectivity index (χ2v) is 5.43. The van der Waals surface area contributed by atoms with Gasteiger partial charge in [-0.1, -0.05) is 13.8 Å². The highest BCUT2D eigenvalue weighted by atomic mass is 16.3. The zero-order valence-corrected chi connectivity index (χ0v) is 10.3. The molecule has 88 valence electrons. The summed E-state index contributed by atoms with van der Waals surface area (Å²) in [7, 11) is 0. The molecule has 0 aromatic heterocycles. The van der Waals surface area contributed by atoms with Crippen LogP contribution >= 0.6 is 0 Å². The lowest BCUT2D eigenvalue weighted by Crippen LogP contribution is -2.48. The summed E-state index contributed by atoms with van der Waals surface area (Å²) < 4.78 is 0.